The van der Waals surface area contributed by atoms with Crippen molar-refractivity contribution in [2.75, 3.05) is 6.54 Å². The molecule has 1 aromatic heterocycles. The lowest BCUT2D eigenvalue weighted by Crippen LogP contribution is -2.00. The quantitative estimate of drug-likeness (QED) is 0.355. The number of azide groups is 1. The first-order valence-corrected chi connectivity index (χ1v) is 4.62. The average molecular weight is 218 g/mol. The molecular weight excluding hydrogens is 208 g/mol. The van der Waals surface area contributed by atoms with Gasteiger partial charge in [0.2, 0.25) is 0 Å². The van der Waals surface area contributed by atoms with Crippen LogP contribution in [-0.2, 0) is 0 Å². The zero-order valence-electron chi connectivity index (χ0n) is 8.45. The number of aromatic carboxylic acids is 1. The molecule has 0 aliphatic carbocycles. The fourth-order valence-electron chi connectivity index (χ4n) is 1.04. The van der Waals surface area contributed by atoms with Gasteiger partial charge in [-0.3, -0.25) is 0 Å². The van der Waals surface area contributed by atoms with Crippen molar-refractivity contribution < 1.29 is 9.90 Å². The number of pyridine rings is 1. The minimum absolute atomic E-state index is 0.0113. The molecule has 0 aliphatic rings. The minimum atomic E-state index is -1.05. The van der Waals surface area contributed by atoms with E-state index in [0.717, 1.165) is 0 Å². The van der Waals surface area contributed by atoms with Crippen LogP contribution in [-0.4, -0.2) is 22.6 Å². The number of aromatic nitrogens is 1. The van der Waals surface area contributed by atoms with Crippen LogP contribution in [0.1, 0.15) is 22.6 Å². The Morgan fingerprint density at radius 3 is 3.12 bits per heavy atom. The number of hydrogen-bond donors (Lipinski definition) is 1. The van der Waals surface area contributed by atoms with Gasteiger partial charge in [-0.2, -0.15) is 0 Å². The van der Waals surface area contributed by atoms with Crippen LogP contribution in [0, 0.1) is 0 Å². The van der Waals surface area contributed by atoms with Gasteiger partial charge in [-0.1, -0.05) is 17.3 Å². The highest BCUT2D eigenvalue weighted by Crippen LogP contribution is 2.02. The van der Waals surface area contributed by atoms with Crippen LogP contribution in [0.4, 0.5) is 0 Å². The molecule has 6 nitrogen and oxygen atoms in total. The summed E-state index contributed by atoms with van der Waals surface area (Å²) in [7, 11) is 0. The summed E-state index contributed by atoms with van der Waals surface area (Å²) in [6.07, 6.45) is 4.07. The normalized spacial score (nSPS) is 10.0. The molecular formula is C10H10N4O2. The maximum Gasteiger partial charge on any atom is 0.354 e. The number of rotatable bonds is 5. The first-order valence-electron chi connectivity index (χ1n) is 4.62. The predicted octanol–water partition coefficient (Wildman–Crippen LogP) is 2.49. The summed E-state index contributed by atoms with van der Waals surface area (Å²) in [5.74, 6) is -1.05. The highest BCUT2D eigenvalue weighted by atomic mass is 16.4. The second-order valence-electron chi connectivity index (χ2n) is 2.90. The summed E-state index contributed by atoms with van der Waals surface area (Å²) >= 11 is 0. The van der Waals surface area contributed by atoms with E-state index < -0.39 is 5.97 Å². The summed E-state index contributed by atoms with van der Waals surface area (Å²) in [5, 5.41) is 12.1. The van der Waals surface area contributed by atoms with Gasteiger partial charge in [0.1, 0.15) is 5.69 Å². The molecule has 6 heteroatoms. The molecule has 1 heterocycles. The molecule has 82 valence electrons. The lowest BCUT2D eigenvalue weighted by molar-refractivity contribution is 0.0690. The van der Waals surface area contributed by atoms with E-state index in [1.165, 1.54) is 6.07 Å². The molecule has 0 amide bonds. The molecule has 0 unspecified atom stereocenters. The van der Waals surface area contributed by atoms with Gasteiger partial charge in [0.25, 0.3) is 0 Å². The molecule has 0 saturated heterocycles. The predicted molar refractivity (Wildman–Crippen MR) is 58.9 cm³/mol. The SMILES string of the molecule is [N-]=[N+]=NCCC=Cc1cccc(C(=O)O)n1. The van der Waals surface area contributed by atoms with Gasteiger partial charge in [0.15, 0.2) is 0 Å². The second kappa shape index (κ2) is 6.21. The maximum atomic E-state index is 10.6. The van der Waals surface area contributed by atoms with E-state index in [9.17, 15) is 4.79 Å². The Balaban J connectivity index is 2.63. The van der Waals surface area contributed by atoms with E-state index in [1.54, 1.807) is 24.3 Å². The summed E-state index contributed by atoms with van der Waals surface area (Å²) in [6, 6.07) is 4.76. The smallest absolute Gasteiger partial charge is 0.354 e. The Labute approximate surface area is 91.9 Å². The van der Waals surface area contributed by atoms with Crippen molar-refractivity contribution in [1.29, 1.82) is 0 Å². The third-order valence-electron chi connectivity index (χ3n) is 1.74. The zero-order valence-corrected chi connectivity index (χ0v) is 8.45. The molecule has 0 radical (unpaired) electrons. The van der Waals surface area contributed by atoms with Gasteiger partial charge < -0.3 is 5.11 Å². The molecule has 1 N–H and O–H groups in total. The number of nitrogens with zero attached hydrogens (tertiary/aromatic N) is 4. The van der Waals surface area contributed by atoms with E-state index in [-0.39, 0.29) is 5.69 Å². The first-order chi connectivity index (χ1) is 7.74. The fraction of sp³-hybridized carbons (Fsp3) is 0.200. The van der Waals surface area contributed by atoms with Crippen molar-refractivity contribution in [3.63, 3.8) is 0 Å². The minimum Gasteiger partial charge on any atom is -0.477 e. The van der Waals surface area contributed by atoms with Crippen LogP contribution in [0.3, 0.4) is 0 Å². The number of carbonyl (C=O) groups is 1. The summed E-state index contributed by atoms with van der Waals surface area (Å²) in [6.45, 7) is 0.381. The Morgan fingerprint density at radius 2 is 2.44 bits per heavy atom. The van der Waals surface area contributed by atoms with E-state index in [2.05, 4.69) is 15.0 Å². The van der Waals surface area contributed by atoms with Crippen molar-refractivity contribution in [1.82, 2.24) is 4.98 Å². The largest absolute Gasteiger partial charge is 0.477 e. The first kappa shape index (κ1) is 11.7. The Morgan fingerprint density at radius 1 is 1.62 bits per heavy atom. The molecule has 16 heavy (non-hydrogen) atoms. The highest BCUT2D eigenvalue weighted by Gasteiger charge is 2.02. The number of carboxylic acids is 1. The van der Waals surface area contributed by atoms with Gasteiger partial charge in [-0.25, -0.2) is 9.78 Å². The molecule has 0 aromatic carbocycles. The third-order valence-corrected chi connectivity index (χ3v) is 1.74. The van der Waals surface area contributed by atoms with E-state index in [0.29, 0.717) is 18.7 Å². The molecule has 0 fully saturated rings. The van der Waals surface area contributed by atoms with E-state index in [1.807, 2.05) is 0 Å². The Hall–Kier alpha value is -2.33. The van der Waals surface area contributed by atoms with Crippen LogP contribution in [0.5, 0.6) is 0 Å². The fourth-order valence-corrected chi connectivity index (χ4v) is 1.04. The lowest BCUT2D eigenvalue weighted by Gasteiger charge is -1.95. The van der Waals surface area contributed by atoms with Crippen molar-refractivity contribution in [3.8, 4) is 0 Å². The standard InChI is InChI=1S/C10H10N4O2/c11-14-12-7-2-1-4-8-5-3-6-9(13-8)10(15)16/h1,3-6H,2,7H2,(H,15,16). The lowest BCUT2D eigenvalue weighted by atomic mass is 10.2. The van der Waals surface area contributed by atoms with Crippen molar-refractivity contribution in [3.05, 3.63) is 46.1 Å². The second-order valence-corrected chi connectivity index (χ2v) is 2.90. The van der Waals surface area contributed by atoms with Crippen molar-refractivity contribution in [2.45, 2.75) is 6.42 Å². The average Bonchev–Trinajstić information content (AvgIpc) is 2.29. The van der Waals surface area contributed by atoms with Crippen molar-refractivity contribution >= 4 is 12.0 Å². The van der Waals surface area contributed by atoms with Gasteiger partial charge >= 0.3 is 5.97 Å². The molecule has 0 atom stereocenters. The Kier molecular flexibility index (Phi) is 4.56. The van der Waals surface area contributed by atoms with Crippen LogP contribution in [0.15, 0.2) is 29.4 Å². The third kappa shape index (κ3) is 3.81. The van der Waals surface area contributed by atoms with Crippen LogP contribution in [0.2, 0.25) is 0 Å². The van der Waals surface area contributed by atoms with Crippen LogP contribution >= 0.6 is 0 Å². The number of carboxylic acid groups (broad SMARTS) is 1. The van der Waals surface area contributed by atoms with Gasteiger partial charge in [0, 0.05) is 11.5 Å². The summed E-state index contributed by atoms with van der Waals surface area (Å²) in [5.41, 5.74) is 8.62. The number of hydrogen-bond acceptors (Lipinski definition) is 3. The summed E-state index contributed by atoms with van der Waals surface area (Å²) < 4.78 is 0. The topological polar surface area (TPSA) is 99.0 Å². The molecule has 0 saturated carbocycles. The Bertz CT molecular complexity index is 450. The van der Waals surface area contributed by atoms with Gasteiger partial charge in [-0.15, -0.1) is 0 Å². The van der Waals surface area contributed by atoms with Crippen LogP contribution in [0.25, 0.3) is 16.5 Å². The summed E-state index contributed by atoms with van der Waals surface area (Å²) in [4.78, 5) is 17.1. The van der Waals surface area contributed by atoms with E-state index in [4.69, 9.17) is 10.6 Å². The molecule has 0 spiro atoms. The monoisotopic (exact) mass is 218 g/mol. The van der Waals surface area contributed by atoms with Crippen LogP contribution < -0.4 is 0 Å². The highest BCUT2D eigenvalue weighted by molar-refractivity contribution is 5.85. The molecule has 0 aliphatic heterocycles. The molecule has 1 rings (SSSR count). The van der Waals surface area contributed by atoms with Crippen molar-refractivity contribution in [2.24, 2.45) is 5.11 Å². The molecule has 0 bridgehead atoms. The van der Waals surface area contributed by atoms with E-state index >= 15 is 0 Å². The maximum absolute atomic E-state index is 10.6. The zero-order chi connectivity index (χ0) is 11.8. The van der Waals surface area contributed by atoms with Gasteiger partial charge in [0.05, 0.1) is 5.69 Å². The van der Waals surface area contributed by atoms with Gasteiger partial charge in [-0.05, 0) is 30.2 Å². The molecule has 1 aromatic rings.